The number of nitrogens with zero attached hydrogens (tertiary/aromatic N) is 3. The summed E-state index contributed by atoms with van der Waals surface area (Å²) >= 11 is 0. The molecule has 7 heteroatoms. The van der Waals surface area contributed by atoms with Crippen LogP contribution in [0, 0.1) is 11.3 Å². The Balaban J connectivity index is 2.51. The van der Waals surface area contributed by atoms with Crippen LogP contribution in [0.5, 0.6) is 5.75 Å². The standard InChI is InChI=1S/C14H15N3O3S/c1-10(2)21(18,19)17-9-12(8-16-17)13-5-4-11(7-15)6-14(13)20-3/h4-6,8-10H,1-3H3. The first-order valence-electron chi connectivity index (χ1n) is 6.27. The molecular formula is C14H15N3O3S. The van der Waals surface area contributed by atoms with Gasteiger partial charge in [-0.05, 0) is 32.0 Å². The van der Waals surface area contributed by atoms with Crippen LogP contribution in [-0.4, -0.2) is 30.0 Å². The average Bonchev–Trinajstić information content (AvgIpc) is 2.96. The Bertz CT molecular complexity index is 801. The lowest BCUT2D eigenvalue weighted by molar-refractivity contribution is 0.416. The minimum Gasteiger partial charge on any atom is -0.496 e. The Labute approximate surface area is 123 Å². The summed E-state index contributed by atoms with van der Waals surface area (Å²) in [5.41, 5.74) is 1.76. The summed E-state index contributed by atoms with van der Waals surface area (Å²) in [5, 5.41) is 12.2. The van der Waals surface area contributed by atoms with Gasteiger partial charge in [-0.3, -0.25) is 0 Å². The molecule has 0 saturated carbocycles. The average molecular weight is 305 g/mol. The second-order valence-corrected chi connectivity index (χ2v) is 7.07. The van der Waals surface area contributed by atoms with Crippen LogP contribution in [0.4, 0.5) is 0 Å². The molecule has 0 aliphatic rings. The van der Waals surface area contributed by atoms with Crippen LogP contribution in [0.2, 0.25) is 0 Å². The summed E-state index contributed by atoms with van der Waals surface area (Å²) in [7, 11) is -1.99. The molecule has 110 valence electrons. The molecule has 0 atom stereocenters. The molecule has 6 nitrogen and oxygen atoms in total. The summed E-state index contributed by atoms with van der Waals surface area (Å²) in [6.45, 7) is 3.19. The summed E-state index contributed by atoms with van der Waals surface area (Å²) in [4.78, 5) is 0. The minimum atomic E-state index is -3.48. The lowest BCUT2D eigenvalue weighted by Crippen LogP contribution is -2.22. The highest BCUT2D eigenvalue weighted by Crippen LogP contribution is 2.30. The van der Waals surface area contributed by atoms with Gasteiger partial charge in [0, 0.05) is 11.1 Å². The molecule has 0 bridgehead atoms. The van der Waals surface area contributed by atoms with Gasteiger partial charge in [0.15, 0.2) is 0 Å². The van der Waals surface area contributed by atoms with Crippen molar-refractivity contribution in [3.63, 3.8) is 0 Å². The Kier molecular flexibility index (Phi) is 4.00. The molecular weight excluding hydrogens is 290 g/mol. The SMILES string of the molecule is COc1cc(C#N)ccc1-c1cnn(S(=O)(=O)C(C)C)c1. The van der Waals surface area contributed by atoms with E-state index in [0.29, 0.717) is 22.4 Å². The van der Waals surface area contributed by atoms with Gasteiger partial charge < -0.3 is 4.74 Å². The molecule has 0 aliphatic carbocycles. The van der Waals surface area contributed by atoms with Crippen molar-refractivity contribution in [2.75, 3.05) is 7.11 Å². The number of nitriles is 1. The normalized spacial score (nSPS) is 11.4. The minimum absolute atomic E-state index is 0.470. The predicted molar refractivity (Wildman–Crippen MR) is 78.4 cm³/mol. The van der Waals surface area contributed by atoms with Crippen molar-refractivity contribution in [1.82, 2.24) is 9.19 Å². The van der Waals surface area contributed by atoms with Gasteiger partial charge in [0.2, 0.25) is 0 Å². The first kappa shape index (κ1) is 15.1. The van der Waals surface area contributed by atoms with Crippen LogP contribution in [-0.2, 0) is 10.0 Å². The molecule has 21 heavy (non-hydrogen) atoms. The van der Waals surface area contributed by atoms with E-state index in [9.17, 15) is 8.42 Å². The van der Waals surface area contributed by atoms with Gasteiger partial charge in [-0.1, -0.05) is 0 Å². The fourth-order valence-corrected chi connectivity index (χ4v) is 2.67. The number of rotatable bonds is 4. The van der Waals surface area contributed by atoms with Gasteiger partial charge in [-0.25, -0.2) is 8.42 Å². The van der Waals surface area contributed by atoms with Gasteiger partial charge in [0.1, 0.15) is 5.75 Å². The van der Waals surface area contributed by atoms with E-state index >= 15 is 0 Å². The first-order valence-corrected chi connectivity index (χ1v) is 7.78. The van der Waals surface area contributed by atoms with Crippen molar-refractivity contribution in [2.45, 2.75) is 19.1 Å². The van der Waals surface area contributed by atoms with Crippen molar-refractivity contribution in [3.05, 3.63) is 36.2 Å². The van der Waals surface area contributed by atoms with Crippen LogP contribution in [0.25, 0.3) is 11.1 Å². The second-order valence-electron chi connectivity index (χ2n) is 4.72. The Hall–Kier alpha value is -2.33. The zero-order chi connectivity index (χ0) is 15.6. The van der Waals surface area contributed by atoms with Crippen molar-refractivity contribution in [3.8, 4) is 22.9 Å². The third-order valence-electron chi connectivity index (χ3n) is 3.06. The fourth-order valence-electron chi connectivity index (χ4n) is 1.80. The van der Waals surface area contributed by atoms with Crippen molar-refractivity contribution < 1.29 is 13.2 Å². The summed E-state index contributed by atoms with van der Waals surface area (Å²) in [6, 6.07) is 6.98. The van der Waals surface area contributed by atoms with E-state index < -0.39 is 15.3 Å². The molecule has 1 aromatic carbocycles. The van der Waals surface area contributed by atoms with Crippen molar-refractivity contribution in [2.24, 2.45) is 0 Å². The van der Waals surface area contributed by atoms with Gasteiger partial charge >= 0.3 is 0 Å². The molecule has 2 aromatic rings. The highest BCUT2D eigenvalue weighted by Gasteiger charge is 2.20. The van der Waals surface area contributed by atoms with Crippen LogP contribution < -0.4 is 4.74 Å². The molecule has 0 spiro atoms. The van der Waals surface area contributed by atoms with Crippen LogP contribution in [0.1, 0.15) is 19.4 Å². The van der Waals surface area contributed by atoms with Crippen LogP contribution in [0.3, 0.4) is 0 Å². The zero-order valence-corrected chi connectivity index (χ0v) is 12.8. The number of ether oxygens (including phenoxy) is 1. The zero-order valence-electron chi connectivity index (χ0n) is 11.9. The molecule has 0 amide bonds. The summed E-state index contributed by atoms with van der Waals surface area (Å²) in [6.07, 6.45) is 2.91. The molecule has 0 radical (unpaired) electrons. The first-order chi connectivity index (χ1) is 9.90. The monoisotopic (exact) mass is 305 g/mol. The molecule has 0 fully saturated rings. The number of hydrogen-bond donors (Lipinski definition) is 0. The molecule has 0 saturated heterocycles. The second kappa shape index (κ2) is 5.58. The van der Waals surface area contributed by atoms with E-state index in [0.717, 1.165) is 4.09 Å². The molecule has 0 aliphatic heterocycles. The van der Waals surface area contributed by atoms with E-state index in [2.05, 4.69) is 5.10 Å². The maximum absolute atomic E-state index is 12.1. The van der Waals surface area contributed by atoms with Gasteiger partial charge in [-0.15, -0.1) is 0 Å². The predicted octanol–water partition coefficient (Wildman–Crippen LogP) is 2.02. The lowest BCUT2D eigenvalue weighted by atomic mass is 10.1. The van der Waals surface area contributed by atoms with E-state index in [-0.39, 0.29) is 0 Å². The van der Waals surface area contributed by atoms with Crippen molar-refractivity contribution >= 4 is 10.0 Å². The third kappa shape index (κ3) is 2.76. The quantitative estimate of drug-likeness (QED) is 0.862. The van der Waals surface area contributed by atoms with Crippen LogP contribution >= 0.6 is 0 Å². The van der Waals surface area contributed by atoms with E-state index in [4.69, 9.17) is 10.00 Å². The summed E-state index contributed by atoms with van der Waals surface area (Å²) in [5.74, 6) is 0.496. The topological polar surface area (TPSA) is 85.0 Å². The van der Waals surface area contributed by atoms with E-state index in [1.165, 1.54) is 19.5 Å². The fraction of sp³-hybridized carbons (Fsp3) is 0.286. The van der Waals surface area contributed by atoms with Gasteiger partial charge in [0.05, 0.1) is 36.4 Å². The third-order valence-corrected chi connectivity index (χ3v) is 4.97. The maximum Gasteiger partial charge on any atom is 0.256 e. The smallest absolute Gasteiger partial charge is 0.256 e. The molecule has 1 heterocycles. The highest BCUT2D eigenvalue weighted by atomic mass is 32.2. The Morgan fingerprint density at radius 2 is 2.10 bits per heavy atom. The molecule has 1 aromatic heterocycles. The number of methoxy groups -OCH3 is 1. The maximum atomic E-state index is 12.1. The van der Waals surface area contributed by atoms with Gasteiger partial charge in [0.25, 0.3) is 10.0 Å². The Morgan fingerprint density at radius 1 is 1.38 bits per heavy atom. The Morgan fingerprint density at radius 3 is 2.67 bits per heavy atom. The van der Waals surface area contributed by atoms with Crippen molar-refractivity contribution in [1.29, 1.82) is 5.26 Å². The molecule has 0 N–H and O–H groups in total. The highest BCUT2D eigenvalue weighted by molar-refractivity contribution is 7.90. The van der Waals surface area contributed by atoms with E-state index in [1.807, 2.05) is 6.07 Å². The van der Waals surface area contributed by atoms with Crippen LogP contribution in [0.15, 0.2) is 30.6 Å². The molecule has 2 rings (SSSR count). The largest absolute Gasteiger partial charge is 0.496 e. The van der Waals surface area contributed by atoms with Gasteiger partial charge in [-0.2, -0.15) is 14.4 Å². The lowest BCUT2D eigenvalue weighted by Gasteiger charge is -2.08. The molecule has 0 unspecified atom stereocenters. The van der Waals surface area contributed by atoms with E-state index in [1.54, 1.807) is 32.0 Å². The summed E-state index contributed by atoms with van der Waals surface area (Å²) < 4.78 is 30.3. The number of hydrogen-bond acceptors (Lipinski definition) is 5. The number of benzene rings is 1. The number of aromatic nitrogens is 2.